The molecule has 8 heteroatoms. The van der Waals surface area contributed by atoms with Crippen LogP contribution in [0.3, 0.4) is 0 Å². The minimum atomic E-state index is -0.120. The van der Waals surface area contributed by atoms with Gasteiger partial charge in [0.1, 0.15) is 0 Å². The van der Waals surface area contributed by atoms with Gasteiger partial charge < -0.3 is 14.6 Å². The van der Waals surface area contributed by atoms with E-state index in [1.807, 2.05) is 36.4 Å². The molecule has 144 valence electrons. The molecule has 28 heavy (non-hydrogen) atoms. The molecule has 0 saturated carbocycles. The highest BCUT2D eigenvalue weighted by molar-refractivity contribution is 7.99. The Morgan fingerprint density at radius 3 is 2.50 bits per heavy atom. The van der Waals surface area contributed by atoms with Gasteiger partial charge in [0.25, 0.3) is 5.22 Å². The van der Waals surface area contributed by atoms with E-state index in [4.69, 9.17) is 16.0 Å². The first-order chi connectivity index (χ1) is 13.7. The van der Waals surface area contributed by atoms with E-state index in [1.54, 1.807) is 12.1 Å². The van der Waals surface area contributed by atoms with Crippen molar-refractivity contribution in [2.45, 2.75) is 18.1 Å². The molecule has 0 bridgehead atoms. The number of anilines is 2. The summed E-state index contributed by atoms with van der Waals surface area (Å²) in [7, 11) is 0. The maximum atomic E-state index is 12.2. The van der Waals surface area contributed by atoms with E-state index in [0.717, 1.165) is 24.3 Å². The Morgan fingerprint density at radius 2 is 1.79 bits per heavy atom. The Labute approximate surface area is 172 Å². The summed E-state index contributed by atoms with van der Waals surface area (Å²) < 4.78 is 5.60. The fourth-order valence-corrected chi connectivity index (χ4v) is 3.72. The number of nitrogens with zero attached hydrogens (tertiary/aromatic N) is 3. The number of aromatic nitrogens is 2. The normalized spacial score (nSPS) is 13.7. The van der Waals surface area contributed by atoms with Crippen molar-refractivity contribution in [1.29, 1.82) is 0 Å². The van der Waals surface area contributed by atoms with Gasteiger partial charge in [-0.2, -0.15) is 0 Å². The number of thioether (sulfide) groups is 1. The van der Waals surface area contributed by atoms with Crippen LogP contribution in [0.2, 0.25) is 5.02 Å². The molecule has 1 N–H and O–H groups in total. The van der Waals surface area contributed by atoms with Crippen molar-refractivity contribution >= 4 is 40.6 Å². The summed E-state index contributed by atoms with van der Waals surface area (Å²) in [5.74, 6) is 0.470. The van der Waals surface area contributed by atoms with Gasteiger partial charge in [0, 0.05) is 35.1 Å². The highest BCUT2D eigenvalue weighted by Crippen LogP contribution is 2.25. The number of hydrogen-bond donors (Lipinski definition) is 1. The zero-order chi connectivity index (χ0) is 19.3. The topological polar surface area (TPSA) is 71.3 Å². The number of carbonyl (C=O) groups excluding carboxylic acids is 1. The molecule has 1 saturated heterocycles. The van der Waals surface area contributed by atoms with Crippen molar-refractivity contribution in [1.82, 2.24) is 10.2 Å². The highest BCUT2D eigenvalue weighted by atomic mass is 35.5. The smallest absolute Gasteiger partial charge is 0.277 e. The third-order valence-corrected chi connectivity index (χ3v) is 5.52. The van der Waals surface area contributed by atoms with Crippen LogP contribution in [0.25, 0.3) is 11.5 Å². The van der Waals surface area contributed by atoms with E-state index in [0.29, 0.717) is 16.1 Å². The van der Waals surface area contributed by atoms with Gasteiger partial charge in [-0.05, 0) is 61.4 Å². The molecule has 1 fully saturated rings. The van der Waals surface area contributed by atoms with Crippen LogP contribution in [0.1, 0.15) is 12.8 Å². The average Bonchev–Trinajstić information content (AvgIpc) is 3.40. The van der Waals surface area contributed by atoms with Crippen LogP contribution in [0.15, 0.2) is 58.2 Å². The average molecular weight is 415 g/mol. The summed E-state index contributed by atoms with van der Waals surface area (Å²) in [5, 5.41) is 11.9. The molecular weight excluding hydrogens is 396 g/mol. The molecule has 0 aliphatic carbocycles. The van der Waals surface area contributed by atoms with Gasteiger partial charge in [-0.25, -0.2) is 0 Å². The third kappa shape index (κ3) is 4.66. The SMILES string of the molecule is O=C(CSc1nnc(-c2ccc(Cl)cc2)o1)Nc1ccc(N2CCCC2)cc1. The summed E-state index contributed by atoms with van der Waals surface area (Å²) >= 11 is 7.08. The molecule has 0 unspecified atom stereocenters. The molecule has 0 radical (unpaired) electrons. The van der Waals surface area contributed by atoms with Gasteiger partial charge in [0.15, 0.2) is 0 Å². The maximum Gasteiger partial charge on any atom is 0.277 e. The summed E-state index contributed by atoms with van der Waals surface area (Å²) in [6, 6.07) is 15.1. The lowest BCUT2D eigenvalue weighted by Gasteiger charge is -2.17. The molecule has 0 spiro atoms. The molecule has 3 aromatic rings. The largest absolute Gasteiger partial charge is 0.411 e. The van der Waals surface area contributed by atoms with E-state index >= 15 is 0 Å². The lowest BCUT2D eigenvalue weighted by atomic mass is 10.2. The Bertz CT molecular complexity index is 938. The lowest BCUT2D eigenvalue weighted by molar-refractivity contribution is -0.113. The quantitative estimate of drug-likeness (QED) is 0.588. The number of rotatable bonds is 6. The van der Waals surface area contributed by atoms with Crippen LogP contribution in [0.5, 0.6) is 0 Å². The summed E-state index contributed by atoms with van der Waals surface area (Å²) in [6.07, 6.45) is 2.48. The standard InChI is InChI=1S/C20H19ClN4O2S/c21-15-5-3-14(4-6-15)19-23-24-20(27-19)28-13-18(26)22-16-7-9-17(10-8-16)25-11-1-2-12-25/h3-10H,1-2,11-13H2,(H,22,26). The lowest BCUT2D eigenvalue weighted by Crippen LogP contribution is -2.18. The van der Waals surface area contributed by atoms with Gasteiger partial charge in [-0.1, -0.05) is 23.4 Å². The van der Waals surface area contributed by atoms with Crippen LogP contribution in [0.4, 0.5) is 11.4 Å². The molecule has 1 aliphatic heterocycles. The Kier molecular flexibility index (Phi) is 5.83. The second-order valence-electron chi connectivity index (χ2n) is 6.46. The minimum absolute atomic E-state index is 0.120. The maximum absolute atomic E-state index is 12.2. The van der Waals surface area contributed by atoms with Crippen LogP contribution in [0, 0.1) is 0 Å². The predicted octanol–water partition coefficient (Wildman–Crippen LogP) is 4.72. The number of halogens is 1. The molecule has 0 atom stereocenters. The number of carbonyl (C=O) groups is 1. The van der Waals surface area contributed by atoms with Crippen molar-refractivity contribution in [3.8, 4) is 11.5 Å². The Morgan fingerprint density at radius 1 is 1.07 bits per heavy atom. The molecule has 1 aromatic heterocycles. The van der Waals surface area contributed by atoms with Gasteiger partial charge in [0.2, 0.25) is 11.8 Å². The molecule has 6 nitrogen and oxygen atoms in total. The third-order valence-electron chi connectivity index (χ3n) is 4.45. The van der Waals surface area contributed by atoms with Crippen LogP contribution in [-0.2, 0) is 4.79 Å². The minimum Gasteiger partial charge on any atom is -0.411 e. The second-order valence-corrected chi connectivity index (χ2v) is 7.82. The number of amides is 1. The summed E-state index contributed by atoms with van der Waals surface area (Å²) in [6.45, 7) is 2.20. The predicted molar refractivity (Wildman–Crippen MR) is 112 cm³/mol. The summed E-state index contributed by atoms with van der Waals surface area (Å²) in [5.41, 5.74) is 2.76. The number of hydrogen-bond acceptors (Lipinski definition) is 6. The van der Waals surface area contributed by atoms with Gasteiger partial charge in [-0.3, -0.25) is 4.79 Å². The first kappa shape index (κ1) is 18.8. The molecule has 2 heterocycles. The Hall–Kier alpha value is -2.51. The fourth-order valence-electron chi connectivity index (χ4n) is 3.03. The van der Waals surface area contributed by atoms with Crippen LogP contribution in [-0.4, -0.2) is 34.9 Å². The fraction of sp³-hybridized carbons (Fsp3) is 0.250. The molecule has 2 aromatic carbocycles. The van der Waals surface area contributed by atoms with Crippen molar-refractivity contribution in [2.75, 3.05) is 29.1 Å². The Balaban J connectivity index is 1.29. The zero-order valence-corrected chi connectivity index (χ0v) is 16.7. The molecule has 1 aliphatic rings. The van der Waals surface area contributed by atoms with Gasteiger partial charge >= 0.3 is 0 Å². The van der Waals surface area contributed by atoms with E-state index < -0.39 is 0 Å². The monoisotopic (exact) mass is 414 g/mol. The van der Waals surface area contributed by atoms with E-state index in [-0.39, 0.29) is 11.7 Å². The zero-order valence-electron chi connectivity index (χ0n) is 15.1. The van der Waals surface area contributed by atoms with E-state index in [1.165, 1.54) is 30.3 Å². The van der Waals surface area contributed by atoms with Crippen LogP contribution >= 0.6 is 23.4 Å². The molecular formula is C20H19ClN4O2S. The first-order valence-corrected chi connectivity index (χ1v) is 10.4. The van der Waals surface area contributed by atoms with Crippen molar-refractivity contribution < 1.29 is 9.21 Å². The second kappa shape index (κ2) is 8.67. The van der Waals surface area contributed by atoms with E-state index in [2.05, 4.69) is 20.4 Å². The molecule has 4 rings (SSSR count). The van der Waals surface area contributed by atoms with E-state index in [9.17, 15) is 4.79 Å². The van der Waals surface area contributed by atoms with Gasteiger partial charge in [-0.15, -0.1) is 10.2 Å². The highest BCUT2D eigenvalue weighted by Gasteiger charge is 2.13. The molecule has 1 amide bonds. The van der Waals surface area contributed by atoms with Crippen molar-refractivity contribution in [3.05, 3.63) is 53.6 Å². The first-order valence-electron chi connectivity index (χ1n) is 9.04. The van der Waals surface area contributed by atoms with Crippen molar-refractivity contribution in [3.63, 3.8) is 0 Å². The van der Waals surface area contributed by atoms with Crippen molar-refractivity contribution in [2.24, 2.45) is 0 Å². The van der Waals surface area contributed by atoms with Crippen LogP contribution < -0.4 is 10.2 Å². The number of benzene rings is 2. The summed E-state index contributed by atoms with van der Waals surface area (Å²) in [4.78, 5) is 14.6. The van der Waals surface area contributed by atoms with Gasteiger partial charge in [0.05, 0.1) is 5.75 Å². The number of nitrogens with one attached hydrogen (secondary N) is 1.